The molecule has 10 nitrogen and oxygen atoms in total. The van der Waals surface area contributed by atoms with Gasteiger partial charge in [0.2, 0.25) is 0 Å². The van der Waals surface area contributed by atoms with Crippen LogP contribution >= 0.6 is 0 Å². The van der Waals surface area contributed by atoms with Crippen LogP contribution in [0.4, 0.5) is 0 Å². The van der Waals surface area contributed by atoms with Gasteiger partial charge in [-0.25, -0.2) is 4.79 Å². The topological polar surface area (TPSA) is 154 Å². The van der Waals surface area contributed by atoms with Crippen molar-refractivity contribution >= 4 is 0 Å². The van der Waals surface area contributed by atoms with Gasteiger partial charge >= 0.3 is 5.69 Å². The molecule has 0 saturated carbocycles. The Labute approximate surface area is 135 Å². The van der Waals surface area contributed by atoms with Crippen LogP contribution in [0.1, 0.15) is 12.0 Å². The van der Waals surface area contributed by atoms with E-state index in [0.717, 1.165) is 4.57 Å². The molecule has 24 heavy (non-hydrogen) atoms. The third-order valence-corrected chi connectivity index (χ3v) is 4.59. The van der Waals surface area contributed by atoms with E-state index in [1.54, 1.807) is 0 Å². The normalized spacial score (nSPS) is 39.5. The second-order valence-corrected chi connectivity index (χ2v) is 6.21. The predicted octanol–water partition coefficient (Wildman–Crippen LogP) is -3.24. The van der Waals surface area contributed by atoms with Crippen molar-refractivity contribution in [2.75, 3.05) is 13.2 Å². The van der Waals surface area contributed by atoms with Crippen LogP contribution in [0.3, 0.4) is 0 Å². The Morgan fingerprint density at radius 3 is 2.58 bits per heavy atom. The highest BCUT2D eigenvalue weighted by Crippen LogP contribution is 2.42. The average molecular weight is 344 g/mol. The molecule has 5 N–H and O–H groups in total. The molecule has 0 amide bonds. The summed E-state index contributed by atoms with van der Waals surface area (Å²) in [5, 5.41) is 39.5. The van der Waals surface area contributed by atoms with Gasteiger partial charge < -0.3 is 29.9 Å². The predicted molar refractivity (Wildman–Crippen MR) is 78.4 cm³/mol. The number of aromatic amines is 1. The van der Waals surface area contributed by atoms with Gasteiger partial charge in [0.1, 0.15) is 24.4 Å². The van der Waals surface area contributed by atoms with Crippen LogP contribution in [0.2, 0.25) is 0 Å². The minimum Gasteiger partial charge on any atom is -0.394 e. The highest BCUT2D eigenvalue weighted by atomic mass is 16.6. The summed E-state index contributed by atoms with van der Waals surface area (Å²) < 4.78 is 12.2. The van der Waals surface area contributed by atoms with Gasteiger partial charge in [-0.05, 0) is 6.92 Å². The van der Waals surface area contributed by atoms with E-state index in [4.69, 9.17) is 9.47 Å². The van der Waals surface area contributed by atoms with Crippen LogP contribution in [-0.4, -0.2) is 73.7 Å². The SMILES string of the molecule is Cc1cn([C@@]2(C3OC[C@H](O)[C@H]3O)C[C@H](O)[C@@H](CO)O2)c(=O)[nH]c1=O. The van der Waals surface area contributed by atoms with Crippen LogP contribution in [-0.2, 0) is 15.2 Å². The molecule has 3 heterocycles. The molecule has 1 unspecified atom stereocenters. The fourth-order valence-electron chi connectivity index (χ4n) is 3.30. The first-order chi connectivity index (χ1) is 11.3. The van der Waals surface area contributed by atoms with Crippen molar-refractivity contribution in [1.29, 1.82) is 0 Å². The standard InChI is InChI=1S/C14H20N2O8/c1-6-3-16(13(22)15-12(6)21)14(2-7(18)9(4-17)24-14)11-10(20)8(19)5-23-11/h3,7-11,17-20H,2,4-5H2,1H3,(H,15,21,22)/t7-,8-,9+,10+,11?,14-/m0/s1. The van der Waals surface area contributed by atoms with Crippen molar-refractivity contribution in [2.24, 2.45) is 0 Å². The lowest BCUT2D eigenvalue weighted by Crippen LogP contribution is -2.56. The fraction of sp³-hybridized carbons (Fsp3) is 0.714. The Bertz CT molecular complexity index is 730. The first-order valence-corrected chi connectivity index (χ1v) is 7.57. The molecule has 10 heteroatoms. The summed E-state index contributed by atoms with van der Waals surface area (Å²) >= 11 is 0. The van der Waals surface area contributed by atoms with Gasteiger partial charge in [-0.2, -0.15) is 0 Å². The van der Waals surface area contributed by atoms with E-state index >= 15 is 0 Å². The molecule has 2 fully saturated rings. The number of nitrogens with one attached hydrogen (secondary N) is 1. The third kappa shape index (κ3) is 2.51. The molecule has 0 aromatic carbocycles. The van der Waals surface area contributed by atoms with Crippen molar-refractivity contribution in [3.8, 4) is 0 Å². The van der Waals surface area contributed by atoms with E-state index < -0.39 is 54.1 Å². The molecule has 0 spiro atoms. The van der Waals surface area contributed by atoms with Gasteiger partial charge in [-0.1, -0.05) is 0 Å². The van der Waals surface area contributed by atoms with E-state index in [-0.39, 0.29) is 18.6 Å². The summed E-state index contributed by atoms with van der Waals surface area (Å²) in [5.41, 5.74) is -2.84. The summed E-state index contributed by atoms with van der Waals surface area (Å²) in [6.45, 7) is 0.803. The lowest BCUT2D eigenvalue weighted by molar-refractivity contribution is -0.200. The number of aromatic nitrogens is 2. The van der Waals surface area contributed by atoms with Crippen LogP contribution in [0.5, 0.6) is 0 Å². The smallest absolute Gasteiger partial charge is 0.330 e. The van der Waals surface area contributed by atoms with Gasteiger partial charge in [-0.3, -0.25) is 14.3 Å². The number of ether oxygens (including phenoxy) is 2. The monoisotopic (exact) mass is 344 g/mol. The fourth-order valence-corrected chi connectivity index (χ4v) is 3.30. The van der Waals surface area contributed by atoms with Gasteiger partial charge in [-0.15, -0.1) is 0 Å². The number of aliphatic hydroxyl groups excluding tert-OH is 4. The van der Waals surface area contributed by atoms with Crippen molar-refractivity contribution in [3.63, 3.8) is 0 Å². The van der Waals surface area contributed by atoms with Crippen LogP contribution < -0.4 is 11.2 Å². The molecule has 0 bridgehead atoms. The molecular formula is C14H20N2O8. The molecule has 2 saturated heterocycles. The van der Waals surface area contributed by atoms with E-state index in [9.17, 15) is 30.0 Å². The quantitative estimate of drug-likeness (QED) is 0.383. The summed E-state index contributed by atoms with van der Waals surface area (Å²) in [6.07, 6.45) is -4.76. The Balaban J connectivity index is 2.16. The Hall–Kier alpha value is -1.56. The molecular weight excluding hydrogens is 324 g/mol. The highest BCUT2D eigenvalue weighted by molar-refractivity contribution is 5.08. The third-order valence-electron chi connectivity index (χ3n) is 4.59. The zero-order valence-electron chi connectivity index (χ0n) is 13.0. The van der Waals surface area contributed by atoms with Crippen LogP contribution in [0, 0.1) is 6.92 Å². The van der Waals surface area contributed by atoms with E-state index in [1.807, 2.05) is 0 Å². The molecule has 1 aromatic rings. The van der Waals surface area contributed by atoms with Gasteiger partial charge in [0, 0.05) is 18.2 Å². The summed E-state index contributed by atoms with van der Waals surface area (Å²) in [6, 6.07) is 0. The largest absolute Gasteiger partial charge is 0.394 e. The molecule has 2 aliphatic heterocycles. The lowest BCUT2D eigenvalue weighted by atomic mass is 9.95. The Kier molecular flexibility index (Phi) is 4.36. The Morgan fingerprint density at radius 1 is 1.33 bits per heavy atom. The number of aliphatic hydroxyl groups is 4. The summed E-state index contributed by atoms with van der Waals surface area (Å²) in [4.78, 5) is 26.1. The summed E-state index contributed by atoms with van der Waals surface area (Å²) in [7, 11) is 0. The molecule has 134 valence electrons. The molecule has 3 rings (SSSR count). The number of H-pyrrole nitrogens is 1. The molecule has 0 aliphatic carbocycles. The zero-order chi connectivity index (χ0) is 17.6. The van der Waals surface area contributed by atoms with Crippen LogP contribution in [0.25, 0.3) is 0 Å². The van der Waals surface area contributed by atoms with E-state index in [1.165, 1.54) is 13.1 Å². The van der Waals surface area contributed by atoms with Crippen LogP contribution in [0.15, 0.2) is 15.8 Å². The highest BCUT2D eigenvalue weighted by Gasteiger charge is 2.58. The number of nitrogens with zero attached hydrogens (tertiary/aromatic N) is 1. The first kappa shape index (κ1) is 17.3. The summed E-state index contributed by atoms with van der Waals surface area (Å²) in [5.74, 6) is 0. The van der Waals surface area contributed by atoms with Crippen molar-refractivity contribution in [1.82, 2.24) is 9.55 Å². The van der Waals surface area contributed by atoms with Gasteiger partial charge in [0.05, 0.1) is 19.3 Å². The van der Waals surface area contributed by atoms with Crippen molar-refractivity contribution < 1.29 is 29.9 Å². The maximum Gasteiger partial charge on any atom is 0.330 e. The van der Waals surface area contributed by atoms with Gasteiger partial charge in [0.25, 0.3) is 5.56 Å². The molecule has 2 aliphatic rings. The zero-order valence-corrected chi connectivity index (χ0v) is 13.0. The minimum atomic E-state index is -1.67. The van der Waals surface area contributed by atoms with Crippen molar-refractivity contribution in [3.05, 3.63) is 32.6 Å². The number of hydrogen-bond donors (Lipinski definition) is 5. The molecule has 0 radical (unpaired) electrons. The maximum atomic E-state index is 12.3. The maximum absolute atomic E-state index is 12.3. The average Bonchev–Trinajstić information content (AvgIpc) is 3.04. The second kappa shape index (κ2) is 6.06. The minimum absolute atomic E-state index is 0.169. The van der Waals surface area contributed by atoms with E-state index in [2.05, 4.69) is 4.98 Å². The lowest BCUT2D eigenvalue weighted by Gasteiger charge is -2.37. The number of hydrogen-bond acceptors (Lipinski definition) is 8. The molecule has 6 atom stereocenters. The first-order valence-electron chi connectivity index (χ1n) is 7.57. The number of rotatable bonds is 3. The second-order valence-electron chi connectivity index (χ2n) is 6.21. The van der Waals surface area contributed by atoms with Crippen molar-refractivity contribution in [2.45, 2.75) is 49.6 Å². The van der Waals surface area contributed by atoms with E-state index in [0.29, 0.717) is 0 Å². The number of aryl methyl sites for hydroxylation is 1. The van der Waals surface area contributed by atoms with Gasteiger partial charge in [0.15, 0.2) is 5.72 Å². The Morgan fingerprint density at radius 2 is 2.04 bits per heavy atom. The molecule has 1 aromatic heterocycles.